The Kier molecular flexibility index (Phi) is 4.27. The molecule has 0 aromatic carbocycles. The highest BCUT2D eigenvalue weighted by Gasteiger charge is 2.32. The minimum Gasteiger partial charge on any atom is -0.395 e. The van der Waals surface area contributed by atoms with Crippen LogP contribution in [0.5, 0.6) is 0 Å². The molecule has 0 unspecified atom stereocenters. The normalized spacial score (nSPS) is 12.1. The van der Waals surface area contributed by atoms with Crippen LogP contribution in [-0.4, -0.2) is 23.7 Å². The van der Waals surface area contributed by atoms with Crippen molar-refractivity contribution in [1.29, 1.82) is 0 Å². The molecule has 0 radical (unpaired) electrons. The molecule has 0 saturated carbocycles. The van der Waals surface area contributed by atoms with Crippen LogP contribution in [0.1, 0.15) is 34.6 Å². The Morgan fingerprint density at radius 1 is 1.00 bits per heavy atom. The number of hydrogen-bond donors (Lipinski definition) is 1. The molecule has 15 heavy (non-hydrogen) atoms. The van der Waals surface area contributed by atoms with Crippen LogP contribution in [-0.2, 0) is 19.4 Å². The zero-order valence-corrected chi connectivity index (χ0v) is 9.79. The zero-order valence-electron chi connectivity index (χ0n) is 9.79. The zero-order chi connectivity index (χ0) is 12.3. The van der Waals surface area contributed by atoms with Gasteiger partial charge in [0.2, 0.25) is 0 Å². The molecule has 1 N–H and O–H groups in total. The smallest absolute Gasteiger partial charge is 0.363 e. The molecule has 0 aliphatic rings. The standard InChI is InChI=1S/C10H18O5/c1-9(2,3)7(12)14-15-8(13)10(4,5)6-11/h11H,6H2,1-5H3. The van der Waals surface area contributed by atoms with E-state index in [0.717, 1.165) is 0 Å². The molecule has 0 aliphatic carbocycles. The van der Waals surface area contributed by atoms with E-state index in [4.69, 9.17) is 5.11 Å². The van der Waals surface area contributed by atoms with Crippen LogP contribution in [0, 0.1) is 10.8 Å². The van der Waals surface area contributed by atoms with Gasteiger partial charge in [0.1, 0.15) is 0 Å². The Morgan fingerprint density at radius 2 is 1.40 bits per heavy atom. The second-order valence-electron chi connectivity index (χ2n) is 5.03. The van der Waals surface area contributed by atoms with E-state index in [-0.39, 0.29) is 6.61 Å². The van der Waals surface area contributed by atoms with E-state index in [2.05, 4.69) is 9.78 Å². The van der Waals surface area contributed by atoms with E-state index in [1.807, 2.05) is 0 Å². The van der Waals surface area contributed by atoms with Crippen LogP contribution in [0.25, 0.3) is 0 Å². The van der Waals surface area contributed by atoms with E-state index in [9.17, 15) is 9.59 Å². The van der Waals surface area contributed by atoms with Crippen molar-refractivity contribution in [1.82, 2.24) is 0 Å². The van der Waals surface area contributed by atoms with Crippen molar-refractivity contribution in [3.8, 4) is 0 Å². The molecule has 0 spiro atoms. The molecule has 0 bridgehead atoms. The van der Waals surface area contributed by atoms with Crippen LogP contribution in [0.15, 0.2) is 0 Å². The van der Waals surface area contributed by atoms with Gasteiger partial charge in [0.15, 0.2) is 0 Å². The van der Waals surface area contributed by atoms with Crippen molar-refractivity contribution in [2.45, 2.75) is 34.6 Å². The molecular formula is C10H18O5. The first kappa shape index (κ1) is 13.9. The third-order valence-corrected chi connectivity index (χ3v) is 1.75. The third kappa shape index (κ3) is 4.29. The number of hydrogen-bond acceptors (Lipinski definition) is 5. The molecule has 88 valence electrons. The summed E-state index contributed by atoms with van der Waals surface area (Å²) in [7, 11) is 0. The Morgan fingerprint density at radius 3 is 1.73 bits per heavy atom. The lowest BCUT2D eigenvalue weighted by Gasteiger charge is -2.19. The molecule has 0 rings (SSSR count). The molecule has 0 aromatic rings. The Labute approximate surface area is 89.3 Å². The predicted molar refractivity (Wildman–Crippen MR) is 52.5 cm³/mol. The first-order valence-corrected chi connectivity index (χ1v) is 4.65. The number of carbonyl (C=O) groups is 2. The summed E-state index contributed by atoms with van der Waals surface area (Å²) in [4.78, 5) is 31.2. The molecule has 0 amide bonds. The highest BCUT2D eigenvalue weighted by atomic mass is 17.2. The summed E-state index contributed by atoms with van der Waals surface area (Å²) in [5.74, 6) is -1.41. The van der Waals surface area contributed by atoms with Crippen molar-refractivity contribution in [2.75, 3.05) is 6.61 Å². The fourth-order valence-electron chi connectivity index (χ4n) is 0.378. The van der Waals surface area contributed by atoms with Gasteiger partial charge in [-0.2, -0.15) is 0 Å². The fourth-order valence-corrected chi connectivity index (χ4v) is 0.378. The molecule has 5 nitrogen and oxygen atoms in total. The summed E-state index contributed by atoms with van der Waals surface area (Å²) in [6.07, 6.45) is 0. The Bertz CT molecular complexity index is 249. The molecule has 0 heterocycles. The van der Waals surface area contributed by atoms with Gasteiger partial charge in [-0.25, -0.2) is 19.4 Å². The maximum Gasteiger partial charge on any atom is 0.363 e. The van der Waals surface area contributed by atoms with E-state index in [1.54, 1.807) is 20.8 Å². The fraction of sp³-hybridized carbons (Fsp3) is 0.800. The molecule has 0 aromatic heterocycles. The van der Waals surface area contributed by atoms with Crippen molar-refractivity contribution < 1.29 is 24.5 Å². The number of carbonyl (C=O) groups excluding carboxylic acids is 2. The largest absolute Gasteiger partial charge is 0.395 e. The summed E-state index contributed by atoms with van der Waals surface area (Å²) in [5.41, 5.74) is -1.80. The Hall–Kier alpha value is -1.10. The molecule has 0 aliphatic heterocycles. The van der Waals surface area contributed by atoms with Crippen molar-refractivity contribution >= 4 is 11.9 Å². The average molecular weight is 218 g/mol. The highest BCUT2D eigenvalue weighted by Crippen LogP contribution is 2.19. The summed E-state index contributed by atoms with van der Waals surface area (Å²) < 4.78 is 0. The highest BCUT2D eigenvalue weighted by molar-refractivity contribution is 5.78. The van der Waals surface area contributed by atoms with Crippen LogP contribution >= 0.6 is 0 Å². The summed E-state index contributed by atoms with van der Waals surface area (Å²) in [5, 5.41) is 8.85. The van der Waals surface area contributed by atoms with Crippen LogP contribution in [0.4, 0.5) is 0 Å². The summed E-state index contributed by atoms with van der Waals surface area (Å²) in [6, 6.07) is 0. The average Bonchev–Trinajstić information content (AvgIpc) is 2.11. The lowest BCUT2D eigenvalue weighted by molar-refractivity contribution is -0.272. The molecule has 0 fully saturated rings. The third-order valence-electron chi connectivity index (χ3n) is 1.75. The van der Waals surface area contributed by atoms with Gasteiger partial charge in [-0.3, -0.25) is 0 Å². The van der Waals surface area contributed by atoms with Crippen molar-refractivity contribution in [3.63, 3.8) is 0 Å². The quantitative estimate of drug-likeness (QED) is 0.554. The van der Waals surface area contributed by atoms with Gasteiger partial charge in [-0.15, -0.1) is 0 Å². The predicted octanol–water partition coefficient (Wildman–Crippen LogP) is 1.05. The van der Waals surface area contributed by atoms with Gasteiger partial charge in [0, 0.05) is 0 Å². The van der Waals surface area contributed by atoms with Crippen LogP contribution in [0.2, 0.25) is 0 Å². The SMILES string of the molecule is CC(C)(C)C(=O)OOC(=O)C(C)(C)CO. The van der Waals surface area contributed by atoms with Crippen LogP contribution in [0.3, 0.4) is 0 Å². The van der Waals surface area contributed by atoms with Crippen LogP contribution < -0.4 is 0 Å². The minimum absolute atomic E-state index is 0.376. The van der Waals surface area contributed by atoms with Gasteiger partial charge in [-0.1, -0.05) is 0 Å². The number of aliphatic hydroxyl groups is 1. The first-order valence-electron chi connectivity index (χ1n) is 4.65. The monoisotopic (exact) mass is 218 g/mol. The molecule has 0 atom stereocenters. The first-order chi connectivity index (χ1) is 6.61. The molecule has 5 heteroatoms. The Balaban J connectivity index is 4.20. The summed E-state index contributed by atoms with van der Waals surface area (Å²) in [6.45, 7) is 7.51. The van der Waals surface area contributed by atoms with E-state index in [1.165, 1.54) is 13.8 Å². The number of rotatable bonds is 2. The van der Waals surface area contributed by atoms with Gasteiger partial charge in [-0.05, 0) is 34.6 Å². The van der Waals surface area contributed by atoms with E-state index >= 15 is 0 Å². The van der Waals surface area contributed by atoms with E-state index in [0.29, 0.717) is 0 Å². The lowest BCUT2D eigenvalue weighted by Crippen LogP contribution is -2.33. The van der Waals surface area contributed by atoms with Gasteiger partial charge < -0.3 is 5.11 Å². The maximum absolute atomic E-state index is 11.3. The summed E-state index contributed by atoms with van der Waals surface area (Å²) >= 11 is 0. The lowest BCUT2D eigenvalue weighted by atomic mass is 9.96. The second-order valence-corrected chi connectivity index (χ2v) is 5.03. The van der Waals surface area contributed by atoms with Gasteiger partial charge >= 0.3 is 11.9 Å². The maximum atomic E-state index is 11.3. The molecule has 0 saturated heterocycles. The van der Waals surface area contributed by atoms with Crippen molar-refractivity contribution in [3.05, 3.63) is 0 Å². The second kappa shape index (κ2) is 4.61. The number of aliphatic hydroxyl groups excluding tert-OH is 1. The van der Waals surface area contributed by atoms with Gasteiger partial charge in [0.05, 0.1) is 17.4 Å². The van der Waals surface area contributed by atoms with Crippen molar-refractivity contribution in [2.24, 2.45) is 10.8 Å². The topological polar surface area (TPSA) is 72.8 Å². The minimum atomic E-state index is -1.07. The molecular weight excluding hydrogens is 200 g/mol. The van der Waals surface area contributed by atoms with Gasteiger partial charge in [0.25, 0.3) is 0 Å². The van der Waals surface area contributed by atoms with E-state index < -0.39 is 22.8 Å².